The van der Waals surface area contributed by atoms with Crippen LogP contribution in [0.4, 0.5) is 0 Å². The highest BCUT2D eigenvalue weighted by molar-refractivity contribution is 8.00. The van der Waals surface area contributed by atoms with Gasteiger partial charge >= 0.3 is 5.97 Å². The maximum Gasteiger partial charge on any atom is 0.317 e. The number of carboxylic acid groups (broad SMARTS) is 1. The third kappa shape index (κ3) is 2.66. The molecule has 4 nitrogen and oxygen atoms in total. The summed E-state index contributed by atoms with van der Waals surface area (Å²) < 4.78 is 10.5. The molecule has 0 spiro atoms. The maximum atomic E-state index is 11.1. The van der Waals surface area contributed by atoms with E-state index in [1.807, 2.05) is 32.0 Å². The Bertz CT molecular complexity index is 431. The SMILES string of the molecule is CC(C)C(Sc1ccc2c(c1)OCO2)C(=O)O. The minimum atomic E-state index is -0.789. The van der Waals surface area contributed by atoms with Crippen LogP contribution < -0.4 is 9.47 Å². The minimum Gasteiger partial charge on any atom is -0.480 e. The van der Waals surface area contributed by atoms with E-state index in [9.17, 15) is 4.79 Å². The molecule has 0 amide bonds. The lowest BCUT2D eigenvalue weighted by molar-refractivity contribution is -0.137. The number of carbonyl (C=O) groups is 1. The second-order valence-electron chi connectivity index (χ2n) is 4.14. The summed E-state index contributed by atoms with van der Waals surface area (Å²) in [7, 11) is 0. The summed E-state index contributed by atoms with van der Waals surface area (Å²) in [6, 6.07) is 5.49. The molecule has 0 saturated heterocycles. The highest BCUT2D eigenvalue weighted by Crippen LogP contribution is 2.37. The van der Waals surface area contributed by atoms with Crippen LogP contribution in [0.25, 0.3) is 0 Å². The van der Waals surface area contributed by atoms with Gasteiger partial charge in [0.05, 0.1) is 0 Å². The molecule has 0 aromatic heterocycles. The zero-order valence-electron chi connectivity index (χ0n) is 9.67. The summed E-state index contributed by atoms with van der Waals surface area (Å²) in [6.45, 7) is 4.04. The molecule has 1 aliphatic heterocycles. The van der Waals surface area contributed by atoms with E-state index in [-0.39, 0.29) is 12.7 Å². The summed E-state index contributed by atoms with van der Waals surface area (Å²) in [5, 5.41) is 8.67. The van der Waals surface area contributed by atoms with Gasteiger partial charge < -0.3 is 14.6 Å². The van der Waals surface area contributed by atoms with Crippen LogP contribution >= 0.6 is 11.8 Å². The molecule has 5 heteroatoms. The summed E-state index contributed by atoms with van der Waals surface area (Å²) >= 11 is 1.34. The first-order valence-corrected chi connectivity index (χ1v) is 6.25. The molecule has 17 heavy (non-hydrogen) atoms. The summed E-state index contributed by atoms with van der Waals surface area (Å²) in [4.78, 5) is 12.0. The lowest BCUT2D eigenvalue weighted by Gasteiger charge is -2.15. The van der Waals surface area contributed by atoms with E-state index in [2.05, 4.69) is 0 Å². The van der Waals surface area contributed by atoms with Gasteiger partial charge in [0.2, 0.25) is 6.79 Å². The molecule has 0 radical (unpaired) electrons. The van der Waals surface area contributed by atoms with Crippen molar-refractivity contribution in [3.05, 3.63) is 18.2 Å². The van der Waals surface area contributed by atoms with Gasteiger partial charge in [-0.1, -0.05) is 13.8 Å². The first-order valence-electron chi connectivity index (χ1n) is 5.37. The summed E-state index contributed by atoms with van der Waals surface area (Å²) in [5.41, 5.74) is 0. The Labute approximate surface area is 104 Å². The van der Waals surface area contributed by atoms with Crippen molar-refractivity contribution in [2.24, 2.45) is 5.92 Å². The number of fused-ring (bicyclic) bond motifs is 1. The molecule has 0 saturated carbocycles. The largest absolute Gasteiger partial charge is 0.480 e. The maximum absolute atomic E-state index is 11.1. The number of carboxylic acids is 1. The van der Waals surface area contributed by atoms with E-state index < -0.39 is 11.2 Å². The first-order chi connectivity index (χ1) is 8.08. The zero-order chi connectivity index (χ0) is 12.4. The van der Waals surface area contributed by atoms with Crippen molar-refractivity contribution in [1.29, 1.82) is 0 Å². The molecule has 1 aromatic rings. The Morgan fingerprint density at radius 1 is 1.35 bits per heavy atom. The average molecular weight is 254 g/mol. The molecule has 1 unspecified atom stereocenters. The molecule has 0 fully saturated rings. The fourth-order valence-electron chi connectivity index (χ4n) is 1.57. The Morgan fingerprint density at radius 2 is 2.06 bits per heavy atom. The van der Waals surface area contributed by atoms with Crippen molar-refractivity contribution >= 4 is 17.7 Å². The lowest BCUT2D eigenvalue weighted by Crippen LogP contribution is -2.22. The van der Waals surface area contributed by atoms with Gasteiger partial charge in [-0.2, -0.15) is 0 Å². The third-order valence-electron chi connectivity index (χ3n) is 2.46. The second-order valence-corrected chi connectivity index (χ2v) is 5.35. The summed E-state index contributed by atoms with van der Waals surface area (Å²) in [5.74, 6) is 0.680. The lowest BCUT2D eigenvalue weighted by atomic mass is 10.1. The van der Waals surface area contributed by atoms with Crippen LogP contribution in [0.1, 0.15) is 13.8 Å². The van der Waals surface area contributed by atoms with Crippen LogP contribution in [0.15, 0.2) is 23.1 Å². The first kappa shape index (κ1) is 12.1. The molecule has 1 atom stereocenters. The molecule has 1 aliphatic rings. The minimum absolute atomic E-state index is 0.0722. The molecule has 1 aromatic carbocycles. The molecule has 0 bridgehead atoms. The Hall–Kier alpha value is -1.36. The Morgan fingerprint density at radius 3 is 2.71 bits per heavy atom. The standard InChI is InChI=1S/C12H14O4S/c1-7(2)11(12(13)14)17-8-3-4-9-10(5-8)16-6-15-9/h3-5,7,11H,6H2,1-2H3,(H,13,14). The molecule has 92 valence electrons. The molecular weight excluding hydrogens is 240 g/mol. The van der Waals surface area contributed by atoms with E-state index in [0.717, 1.165) is 4.90 Å². The van der Waals surface area contributed by atoms with Crippen LogP contribution in [0.3, 0.4) is 0 Å². The number of aliphatic carboxylic acids is 1. The topological polar surface area (TPSA) is 55.8 Å². The Balaban J connectivity index is 2.15. The van der Waals surface area contributed by atoms with Gasteiger partial charge in [-0.15, -0.1) is 11.8 Å². The number of thioether (sulfide) groups is 1. The molecule has 0 aliphatic carbocycles. The number of hydrogen-bond acceptors (Lipinski definition) is 4. The van der Waals surface area contributed by atoms with Crippen molar-refractivity contribution in [1.82, 2.24) is 0 Å². The average Bonchev–Trinajstić information content (AvgIpc) is 2.71. The molecule has 1 heterocycles. The van der Waals surface area contributed by atoms with E-state index in [1.165, 1.54) is 11.8 Å². The Kier molecular flexibility index (Phi) is 3.47. The highest BCUT2D eigenvalue weighted by atomic mass is 32.2. The van der Waals surface area contributed by atoms with Crippen LogP contribution in [-0.2, 0) is 4.79 Å². The van der Waals surface area contributed by atoms with E-state index in [0.29, 0.717) is 11.5 Å². The van der Waals surface area contributed by atoms with Gasteiger partial charge in [0, 0.05) is 4.90 Å². The van der Waals surface area contributed by atoms with Crippen molar-refractivity contribution < 1.29 is 19.4 Å². The van der Waals surface area contributed by atoms with Crippen molar-refractivity contribution in [2.75, 3.05) is 6.79 Å². The highest BCUT2D eigenvalue weighted by Gasteiger charge is 2.23. The van der Waals surface area contributed by atoms with Crippen LogP contribution in [0.5, 0.6) is 11.5 Å². The predicted molar refractivity (Wildman–Crippen MR) is 64.7 cm³/mol. The van der Waals surface area contributed by atoms with Crippen LogP contribution in [0.2, 0.25) is 0 Å². The van der Waals surface area contributed by atoms with Gasteiger partial charge in [0.15, 0.2) is 11.5 Å². The van der Waals surface area contributed by atoms with Crippen molar-refractivity contribution in [3.8, 4) is 11.5 Å². The van der Waals surface area contributed by atoms with Crippen molar-refractivity contribution in [3.63, 3.8) is 0 Å². The second kappa shape index (κ2) is 4.87. The quantitative estimate of drug-likeness (QED) is 0.837. The van der Waals surface area contributed by atoms with Gasteiger partial charge in [-0.05, 0) is 24.1 Å². The predicted octanol–water partition coefficient (Wildman–Crippen LogP) is 2.62. The summed E-state index contributed by atoms with van der Waals surface area (Å²) in [6.07, 6.45) is 0. The fourth-order valence-corrected chi connectivity index (χ4v) is 2.56. The number of hydrogen-bond donors (Lipinski definition) is 1. The van der Waals surface area contributed by atoms with Gasteiger partial charge in [0.25, 0.3) is 0 Å². The number of rotatable bonds is 4. The van der Waals surface area contributed by atoms with Gasteiger partial charge in [-0.3, -0.25) is 4.79 Å². The van der Waals surface area contributed by atoms with E-state index in [1.54, 1.807) is 0 Å². The zero-order valence-corrected chi connectivity index (χ0v) is 10.5. The monoisotopic (exact) mass is 254 g/mol. The van der Waals surface area contributed by atoms with E-state index in [4.69, 9.17) is 14.6 Å². The fraction of sp³-hybridized carbons (Fsp3) is 0.417. The van der Waals surface area contributed by atoms with E-state index >= 15 is 0 Å². The van der Waals surface area contributed by atoms with Gasteiger partial charge in [0.1, 0.15) is 5.25 Å². The smallest absolute Gasteiger partial charge is 0.317 e. The third-order valence-corrected chi connectivity index (χ3v) is 3.98. The number of ether oxygens (including phenoxy) is 2. The molecular formula is C12H14O4S. The molecule has 2 rings (SSSR count). The normalized spacial score (nSPS) is 15.0. The molecule has 1 N–H and O–H groups in total. The van der Waals surface area contributed by atoms with Crippen LogP contribution in [-0.4, -0.2) is 23.1 Å². The van der Waals surface area contributed by atoms with Crippen molar-refractivity contribution in [2.45, 2.75) is 24.0 Å². The van der Waals surface area contributed by atoms with Crippen LogP contribution in [0, 0.1) is 5.92 Å². The van der Waals surface area contributed by atoms with Gasteiger partial charge in [-0.25, -0.2) is 0 Å². The number of benzene rings is 1.